The predicted octanol–water partition coefficient (Wildman–Crippen LogP) is 4.17. The zero-order valence-corrected chi connectivity index (χ0v) is 13.5. The molecule has 0 radical (unpaired) electrons. The third kappa shape index (κ3) is 2.54. The Morgan fingerprint density at radius 3 is 2.77 bits per heavy atom. The second-order valence-electron chi connectivity index (χ2n) is 4.74. The largest absolute Gasteiger partial charge is 0.493 e. The van der Waals surface area contributed by atoms with Crippen LogP contribution in [-0.2, 0) is 6.54 Å². The summed E-state index contributed by atoms with van der Waals surface area (Å²) >= 11 is 12.3. The van der Waals surface area contributed by atoms with Gasteiger partial charge >= 0.3 is 0 Å². The zero-order valence-electron chi connectivity index (χ0n) is 12.0. The molecule has 3 aromatic rings. The number of fused-ring (bicyclic) bond motifs is 1. The van der Waals surface area contributed by atoms with E-state index in [9.17, 15) is 0 Å². The summed E-state index contributed by atoms with van der Waals surface area (Å²) < 4.78 is 7.53. The van der Waals surface area contributed by atoms with Gasteiger partial charge in [0, 0.05) is 18.3 Å². The summed E-state index contributed by atoms with van der Waals surface area (Å²) in [5.74, 6) is 0.769. The Labute approximate surface area is 138 Å². The molecule has 0 spiro atoms. The summed E-state index contributed by atoms with van der Waals surface area (Å²) in [6, 6.07) is 9.41. The number of hydrogen-bond acceptors (Lipinski definition) is 3. The molecule has 4 nitrogen and oxygen atoms in total. The van der Waals surface area contributed by atoms with Crippen LogP contribution in [0.15, 0.2) is 36.5 Å². The van der Waals surface area contributed by atoms with Crippen molar-refractivity contribution in [1.29, 1.82) is 0 Å². The minimum absolute atomic E-state index is 0.313. The second kappa shape index (κ2) is 6.16. The normalized spacial score (nSPS) is 11.1. The quantitative estimate of drug-likeness (QED) is 0.778. The molecule has 3 rings (SSSR count). The smallest absolute Gasteiger partial charge is 0.156 e. The number of nitrogens with zero attached hydrogens (tertiary/aromatic N) is 2. The van der Waals surface area contributed by atoms with Gasteiger partial charge in [0.2, 0.25) is 0 Å². The summed E-state index contributed by atoms with van der Waals surface area (Å²) in [6.45, 7) is 2.84. The summed E-state index contributed by atoms with van der Waals surface area (Å²) in [7, 11) is 0. The fourth-order valence-corrected chi connectivity index (χ4v) is 2.99. The third-order valence-corrected chi connectivity index (χ3v) is 3.86. The molecule has 0 atom stereocenters. The van der Waals surface area contributed by atoms with E-state index in [1.165, 1.54) is 0 Å². The first kappa shape index (κ1) is 15.2. The van der Waals surface area contributed by atoms with E-state index < -0.39 is 0 Å². The third-order valence-electron chi connectivity index (χ3n) is 3.38. The van der Waals surface area contributed by atoms with Crippen molar-refractivity contribution >= 4 is 28.8 Å². The molecule has 0 amide bonds. The zero-order chi connectivity index (χ0) is 15.7. The monoisotopic (exact) mass is 335 g/mol. The Kier molecular flexibility index (Phi) is 4.25. The maximum absolute atomic E-state index is 6.25. The van der Waals surface area contributed by atoms with Gasteiger partial charge in [-0.15, -0.1) is 0 Å². The highest BCUT2D eigenvalue weighted by molar-refractivity contribution is 6.36. The van der Waals surface area contributed by atoms with E-state index in [-0.39, 0.29) is 0 Å². The fourth-order valence-electron chi connectivity index (χ4n) is 2.47. The maximum atomic E-state index is 6.25. The lowest BCUT2D eigenvalue weighted by atomic mass is 10.1. The molecule has 0 aliphatic heterocycles. The molecule has 2 N–H and O–H groups in total. The van der Waals surface area contributed by atoms with Gasteiger partial charge in [0.1, 0.15) is 5.75 Å². The van der Waals surface area contributed by atoms with Crippen LogP contribution in [0.25, 0.3) is 16.9 Å². The maximum Gasteiger partial charge on any atom is 0.156 e. The van der Waals surface area contributed by atoms with Crippen LogP contribution < -0.4 is 10.5 Å². The van der Waals surface area contributed by atoms with Crippen molar-refractivity contribution in [3.63, 3.8) is 0 Å². The molecule has 0 bridgehead atoms. The number of halogens is 2. The van der Waals surface area contributed by atoms with Gasteiger partial charge in [-0.25, -0.2) is 4.98 Å². The highest BCUT2D eigenvalue weighted by Crippen LogP contribution is 2.34. The Morgan fingerprint density at radius 1 is 1.27 bits per heavy atom. The average molecular weight is 336 g/mol. The Morgan fingerprint density at radius 2 is 2.05 bits per heavy atom. The van der Waals surface area contributed by atoms with E-state index in [0.717, 1.165) is 22.7 Å². The molecular weight excluding hydrogens is 321 g/mol. The van der Waals surface area contributed by atoms with E-state index in [1.807, 2.05) is 35.6 Å². The molecule has 0 fully saturated rings. The van der Waals surface area contributed by atoms with Crippen LogP contribution in [-0.4, -0.2) is 16.0 Å². The van der Waals surface area contributed by atoms with Crippen LogP contribution in [0.1, 0.15) is 12.6 Å². The molecule has 0 aliphatic carbocycles. The minimum atomic E-state index is 0.313. The number of imidazole rings is 1. The summed E-state index contributed by atoms with van der Waals surface area (Å²) in [6.07, 6.45) is 1.77. The van der Waals surface area contributed by atoms with Crippen molar-refractivity contribution < 1.29 is 4.74 Å². The van der Waals surface area contributed by atoms with Crippen LogP contribution in [0.5, 0.6) is 5.75 Å². The van der Waals surface area contributed by atoms with E-state index in [0.29, 0.717) is 28.8 Å². The van der Waals surface area contributed by atoms with Gasteiger partial charge in [0.25, 0.3) is 0 Å². The van der Waals surface area contributed by atoms with Gasteiger partial charge < -0.3 is 10.5 Å². The molecule has 1 aromatic carbocycles. The lowest BCUT2D eigenvalue weighted by Crippen LogP contribution is -2.03. The molecule has 114 valence electrons. The topological polar surface area (TPSA) is 52.5 Å². The molecule has 22 heavy (non-hydrogen) atoms. The minimum Gasteiger partial charge on any atom is -0.493 e. The lowest BCUT2D eigenvalue weighted by Gasteiger charge is -2.09. The first-order chi connectivity index (χ1) is 10.7. The molecule has 0 saturated carbocycles. The van der Waals surface area contributed by atoms with E-state index in [1.54, 1.807) is 12.3 Å². The van der Waals surface area contributed by atoms with Crippen molar-refractivity contribution in [2.75, 3.05) is 6.61 Å². The Balaban J connectivity index is 2.30. The first-order valence-corrected chi connectivity index (χ1v) is 7.69. The number of ether oxygens (including phenoxy) is 1. The summed E-state index contributed by atoms with van der Waals surface area (Å²) in [5.41, 5.74) is 9.06. The Bertz CT molecular complexity index is 830. The van der Waals surface area contributed by atoms with Gasteiger partial charge in [-0.1, -0.05) is 35.3 Å². The molecular formula is C16H15Cl2N3O. The standard InChI is InChI=1S/C16H15Cl2N3O/c1-2-22-14-6-4-3-5-11(14)15-13(8-19)21-9-10(17)7-12(18)16(21)20-15/h3-7,9H,2,8,19H2,1H3. The van der Waals surface area contributed by atoms with Gasteiger partial charge in [-0.05, 0) is 25.1 Å². The first-order valence-electron chi connectivity index (χ1n) is 6.94. The van der Waals surface area contributed by atoms with Gasteiger partial charge in [0.15, 0.2) is 5.65 Å². The fraction of sp³-hybridized carbons (Fsp3) is 0.188. The van der Waals surface area contributed by atoms with Crippen molar-refractivity contribution in [1.82, 2.24) is 9.38 Å². The van der Waals surface area contributed by atoms with Crippen LogP contribution in [0.3, 0.4) is 0 Å². The number of hydrogen-bond donors (Lipinski definition) is 1. The molecule has 2 heterocycles. The molecule has 0 saturated heterocycles. The number of nitrogens with two attached hydrogens (primary N) is 1. The summed E-state index contributed by atoms with van der Waals surface area (Å²) in [5, 5.41) is 1.02. The average Bonchev–Trinajstić information content (AvgIpc) is 2.86. The van der Waals surface area contributed by atoms with E-state index in [2.05, 4.69) is 4.98 Å². The summed E-state index contributed by atoms with van der Waals surface area (Å²) in [4.78, 5) is 4.65. The van der Waals surface area contributed by atoms with Crippen molar-refractivity contribution in [2.24, 2.45) is 5.73 Å². The van der Waals surface area contributed by atoms with E-state index >= 15 is 0 Å². The molecule has 2 aromatic heterocycles. The second-order valence-corrected chi connectivity index (χ2v) is 5.58. The molecule has 6 heteroatoms. The van der Waals surface area contributed by atoms with Crippen LogP contribution in [0, 0.1) is 0 Å². The highest BCUT2D eigenvalue weighted by atomic mass is 35.5. The molecule has 0 unspecified atom stereocenters. The molecule has 0 aliphatic rings. The predicted molar refractivity (Wildman–Crippen MR) is 89.7 cm³/mol. The van der Waals surface area contributed by atoms with Crippen LogP contribution in [0.2, 0.25) is 10.0 Å². The van der Waals surface area contributed by atoms with Crippen molar-refractivity contribution in [3.8, 4) is 17.0 Å². The SMILES string of the molecule is CCOc1ccccc1-c1nc2c(Cl)cc(Cl)cn2c1CN. The number of pyridine rings is 1. The van der Waals surface area contributed by atoms with Gasteiger partial charge in [-0.2, -0.15) is 0 Å². The van der Waals surface area contributed by atoms with E-state index in [4.69, 9.17) is 33.7 Å². The van der Waals surface area contributed by atoms with Gasteiger partial charge in [0.05, 0.1) is 28.0 Å². The van der Waals surface area contributed by atoms with Gasteiger partial charge in [-0.3, -0.25) is 4.40 Å². The van der Waals surface area contributed by atoms with Crippen LogP contribution in [0.4, 0.5) is 0 Å². The lowest BCUT2D eigenvalue weighted by molar-refractivity contribution is 0.341. The van der Waals surface area contributed by atoms with Crippen molar-refractivity contribution in [3.05, 3.63) is 52.3 Å². The number of para-hydroxylation sites is 1. The highest BCUT2D eigenvalue weighted by Gasteiger charge is 2.18. The number of benzene rings is 1. The van der Waals surface area contributed by atoms with Crippen molar-refractivity contribution in [2.45, 2.75) is 13.5 Å². The number of aromatic nitrogens is 2. The van der Waals surface area contributed by atoms with Crippen LogP contribution >= 0.6 is 23.2 Å². The number of rotatable bonds is 4. The Hall–Kier alpha value is -1.75.